The summed E-state index contributed by atoms with van der Waals surface area (Å²) in [5.74, 6) is 0.889. The SMILES string of the molecule is CC1(C)CCSCC1Nc1c(F)cc(Br)cc1F. The second-order valence-electron chi connectivity index (χ2n) is 5.25. The Bertz CT molecular complexity index is 428. The lowest BCUT2D eigenvalue weighted by atomic mass is 9.82. The lowest BCUT2D eigenvalue weighted by Crippen LogP contribution is -2.42. The van der Waals surface area contributed by atoms with Gasteiger partial charge in [0.2, 0.25) is 0 Å². The lowest BCUT2D eigenvalue weighted by molar-refractivity contribution is 0.304. The van der Waals surface area contributed by atoms with E-state index in [2.05, 4.69) is 35.1 Å². The van der Waals surface area contributed by atoms with Crippen LogP contribution in [-0.4, -0.2) is 17.5 Å². The van der Waals surface area contributed by atoms with E-state index in [9.17, 15) is 8.78 Å². The van der Waals surface area contributed by atoms with Crippen molar-refractivity contribution >= 4 is 33.4 Å². The Morgan fingerprint density at radius 1 is 1.33 bits per heavy atom. The number of halogens is 3. The van der Waals surface area contributed by atoms with Gasteiger partial charge in [-0.25, -0.2) is 8.78 Å². The van der Waals surface area contributed by atoms with E-state index >= 15 is 0 Å². The van der Waals surface area contributed by atoms with E-state index in [1.807, 2.05) is 11.8 Å². The monoisotopic (exact) mass is 335 g/mol. The van der Waals surface area contributed by atoms with Crippen LogP contribution in [-0.2, 0) is 0 Å². The van der Waals surface area contributed by atoms with Gasteiger partial charge in [-0.2, -0.15) is 11.8 Å². The molecule has 1 aliphatic heterocycles. The molecule has 1 aliphatic rings. The Morgan fingerprint density at radius 3 is 2.50 bits per heavy atom. The zero-order valence-corrected chi connectivity index (χ0v) is 12.8. The van der Waals surface area contributed by atoms with Crippen LogP contribution in [0.1, 0.15) is 20.3 Å². The summed E-state index contributed by atoms with van der Waals surface area (Å²) in [6, 6.07) is 2.66. The van der Waals surface area contributed by atoms with Crippen LogP contribution in [0.2, 0.25) is 0 Å². The molecule has 1 aromatic carbocycles. The molecule has 0 aliphatic carbocycles. The summed E-state index contributed by atoms with van der Waals surface area (Å²) >= 11 is 4.91. The van der Waals surface area contributed by atoms with Crippen LogP contribution in [0.3, 0.4) is 0 Å². The number of thioether (sulfide) groups is 1. The quantitative estimate of drug-likeness (QED) is 0.842. The van der Waals surface area contributed by atoms with E-state index in [1.165, 1.54) is 12.1 Å². The number of nitrogens with one attached hydrogen (secondary N) is 1. The first-order valence-corrected chi connectivity index (χ1v) is 7.84. The van der Waals surface area contributed by atoms with Crippen molar-refractivity contribution in [2.24, 2.45) is 5.41 Å². The summed E-state index contributed by atoms with van der Waals surface area (Å²) in [4.78, 5) is 0. The Hall–Kier alpha value is -0.290. The Kier molecular flexibility index (Phi) is 4.22. The molecule has 1 nitrogen and oxygen atoms in total. The second kappa shape index (κ2) is 5.37. The lowest BCUT2D eigenvalue weighted by Gasteiger charge is -2.39. The van der Waals surface area contributed by atoms with Gasteiger partial charge in [0.1, 0.15) is 17.3 Å². The van der Waals surface area contributed by atoms with Gasteiger partial charge in [0.25, 0.3) is 0 Å². The third kappa shape index (κ3) is 2.99. The minimum atomic E-state index is -0.548. The second-order valence-corrected chi connectivity index (χ2v) is 7.32. The molecular weight excluding hydrogens is 320 g/mol. The molecule has 0 bridgehead atoms. The van der Waals surface area contributed by atoms with Gasteiger partial charge < -0.3 is 5.32 Å². The maximum atomic E-state index is 13.8. The number of anilines is 1. The first-order valence-electron chi connectivity index (χ1n) is 5.89. The predicted molar refractivity (Wildman–Crippen MR) is 77.2 cm³/mol. The first kappa shape index (κ1) is 14.1. The van der Waals surface area contributed by atoms with Crippen LogP contribution < -0.4 is 5.32 Å². The standard InChI is InChI=1S/C13H16BrF2NS/c1-13(2)3-4-18-7-11(13)17-12-9(15)5-8(14)6-10(12)16/h5-6,11,17H,3-4,7H2,1-2H3. The van der Waals surface area contributed by atoms with E-state index in [-0.39, 0.29) is 17.1 Å². The van der Waals surface area contributed by atoms with Crippen molar-refractivity contribution in [2.45, 2.75) is 26.3 Å². The minimum Gasteiger partial charge on any atom is -0.376 e. The van der Waals surface area contributed by atoms with Gasteiger partial charge in [0.15, 0.2) is 0 Å². The molecule has 0 saturated carbocycles. The average molecular weight is 336 g/mol. The molecule has 1 fully saturated rings. The van der Waals surface area contributed by atoms with Crippen molar-refractivity contribution in [3.05, 3.63) is 28.2 Å². The minimum absolute atomic E-state index is 0.0150. The molecule has 2 rings (SSSR count). The van der Waals surface area contributed by atoms with Gasteiger partial charge in [0, 0.05) is 16.3 Å². The van der Waals surface area contributed by atoms with Gasteiger partial charge in [-0.15, -0.1) is 0 Å². The fourth-order valence-electron chi connectivity index (χ4n) is 2.03. The zero-order valence-electron chi connectivity index (χ0n) is 10.4. The number of rotatable bonds is 2. The molecule has 1 unspecified atom stereocenters. The summed E-state index contributed by atoms with van der Waals surface area (Å²) in [5.41, 5.74) is 0.0378. The highest BCUT2D eigenvalue weighted by Gasteiger charge is 2.33. The topological polar surface area (TPSA) is 12.0 Å². The number of benzene rings is 1. The van der Waals surface area contributed by atoms with Crippen molar-refractivity contribution in [1.82, 2.24) is 0 Å². The first-order chi connectivity index (χ1) is 8.40. The molecular formula is C13H16BrF2NS. The van der Waals surface area contributed by atoms with Crippen molar-refractivity contribution in [3.8, 4) is 0 Å². The highest BCUT2D eigenvalue weighted by Crippen LogP contribution is 2.37. The molecule has 1 saturated heterocycles. The van der Waals surface area contributed by atoms with E-state index in [1.54, 1.807) is 0 Å². The zero-order chi connectivity index (χ0) is 13.3. The van der Waals surface area contributed by atoms with Gasteiger partial charge in [-0.05, 0) is 29.7 Å². The van der Waals surface area contributed by atoms with E-state index in [0.717, 1.165) is 17.9 Å². The molecule has 1 N–H and O–H groups in total. The third-order valence-corrected chi connectivity index (χ3v) is 4.96. The summed E-state index contributed by atoms with van der Waals surface area (Å²) in [7, 11) is 0. The maximum Gasteiger partial charge on any atom is 0.150 e. The Morgan fingerprint density at radius 2 is 1.94 bits per heavy atom. The number of hydrogen-bond donors (Lipinski definition) is 1. The van der Waals surface area contributed by atoms with Crippen LogP contribution in [0.4, 0.5) is 14.5 Å². The normalized spacial score (nSPS) is 22.8. The fourth-order valence-corrected chi connectivity index (χ4v) is 4.04. The van der Waals surface area contributed by atoms with Gasteiger partial charge in [-0.1, -0.05) is 29.8 Å². The summed E-state index contributed by atoms with van der Waals surface area (Å²) < 4.78 is 28.0. The molecule has 1 heterocycles. The third-order valence-electron chi connectivity index (χ3n) is 3.44. The van der Waals surface area contributed by atoms with Crippen LogP contribution in [0.25, 0.3) is 0 Å². The average Bonchev–Trinajstić information content (AvgIpc) is 2.24. The molecule has 0 spiro atoms. The predicted octanol–water partition coefficient (Wildman–Crippen LogP) is 4.67. The molecule has 0 radical (unpaired) electrons. The van der Waals surface area contributed by atoms with Crippen molar-refractivity contribution in [1.29, 1.82) is 0 Å². The summed E-state index contributed by atoms with van der Waals surface area (Å²) in [5, 5.41) is 3.04. The Labute approximate surface area is 119 Å². The van der Waals surface area contributed by atoms with Crippen LogP contribution in [0, 0.1) is 17.0 Å². The molecule has 18 heavy (non-hydrogen) atoms. The van der Waals surface area contributed by atoms with Crippen molar-refractivity contribution in [3.63, 3.8) is 0 Å². The molecule has 100 valence electrons. The van der Waals surface area contributed by atoms with Crippen LogP contribution in [0.5, 0.6) is 0 Å². The molecule has 1 aromatic rings. The highest BCUT2D eigenvalue weighted by atomic mass is 79.9. The van der Waals surface area contributed by atoms with Crippen LogP contribution in [0.15, 0.2) is 16.6 Å². The summed E-state index contributed by atoms with van der Waals surface area (Å²) in [6.07, 6.45) is 1.05. The Balaban J connectivity index is 2.23. The molecule has 1 atom stereocenters. The molecule has 5 heteroatoms. The number of hydrogen-bond acceptors (Lipinski definition) is 2. The fraction of sp³-hybridized carbons (Fsp3) is 0.538. The van der Waals surface area contributed by atoms with Gasteiger partial charge >= 0.3 is 0 Å². The van der Waals surface area contributed by atoms with E-state index < -0.39 is 11.6 Å². The smallest absolute Gasteiger partial charge is 0.150 e. The van der Waals surface area contributed by atoms with E-state index in [0.29, 0.717) is 4.47 Å². The molecule has 0 aromatic heterocycles. The summed E-state index contributed by atoms with van der Waals surface area (Å²) in [6.45, 7) is 4.28. The van der Waals surface area contributed by atoms with Crippen molar-refractivity contribution in [2.75, 3.05) is 16.8 Å². The van der Waals surface area contributed by atoms with E-state index in [4.69, 9.17) is 0 Å². The largest absolute Gasteiger partial charge is 0.376 e. The van der Waals surface area contributed by atoms with Crippen LogP contribution >= 0.6 is 27.7 Å². The maximum absolute atomic E-state index is 13.8. The highest BCUT2D eigenvalue weighted by molar-refractivity contribution is 9.10. The van der Waals surface area contributed by atoms with Gasteiger partial charge in [0.05, 0.1) is 0 Å². The molecule has 0 amide bonds. The van der Waals surface area contributed by atoms with Gasteiger partial charge in [-0.3, -0.25) is 0 Å². The van der Waals surface area contributed by atoms with Crippen molar-refractivity contribution < 1.29 is 8.78 Å².